The van der Waals surface area contributed by atoms with Gasteiger partial charge in [0.1, 0.15) is 0 Å². The topological polar surface area (TPSA) is 37.4 Å². The van der Waals surface area contributed by atoms with Crippen LogP contribution in [0.25, 0.3) is 6.08 Å². The summed E-state index contributed by atoms with van der Waals surface area (Å²) in [6, 6.07) is 13.2. The van der Waals surface area contributed by atoms with E-state index in [1.807, 2.05) is 0 Å². The molecule has 1 saturated heterocycles. The third kappa shape index (κ3) is 3.07. The van der Waals surface area contributed by atoms with Crippen LogP contribution in [0.3, 0.4) is 0 Å². The van der Waals surface area contributed by atoms with Crippen molar-refractivity contribution in [1.29, 1.82) is 0 Å². The van der Waals surface area contributed by atoms with Gasteiger partial charge in [0, 0.05) is 0 Å². The van der Waals surface area contributed by atoms with Crippen molar-refractivity contribution in [2.75, 3.05) is 4.90 Å². The number of thioether (sulfide) groups is 1. The molecule has 0 unspecified atom stereocenters. The molecule has 1 fully saturated rings. The highest BCUT2D eigenvalue weighted by molar-refractivity contribution is 8.19. The highest BCUT2D eigenvalue weighted by Crippen LogP contribution is 2.38. The zero-order chi connectivity index (χ0) is 17.3. The number of amides is 2. The van der Waals surface area contributed by atoms with Crippen molar-refractivity contribution in [2.24, 2.45) is 0 Å². The molecule has 3 rings (SSSR count). The summed E-state index contributed by atoms with van der Waals surface area (Å²) in [5.41, 5.74) is -0.618. The van der Waals surface area contributed by atoms with Crippen molar-refractivity contribution >= 4 is 34.7 Å². The van der Waals surface area contributed by atoms with Crippen LogP contribution in [0, 0.1) is 0 Å². The van der Waals surface area contributed by atoms with E-state index in [2.05, 4.69) is 0 Å². The Morgan fingerprint density at radius 1 is 0.917 bits per heavy atom. The number of halogens is 3. The first-order valence-corrected chi connectivity index (χ1v) is 7.69. The van der Waals surface area contributed by atoms with Gasteiger partial charge in [-0.2, -0.15) is 13.2 Å². The predicted octanol–water partition coefficient (Wildman–Crippen LogP) is 4.95. The first kappa shape index (κ1) is 16.3. The number of alkyl halides is 3. The number of anilines is 1. The minimum absolute atomic E-state index is 0.0412. The molecule has 0 bridgehead atoms. The van der Waals surface area contributed by atoms with Crippen LogP contribution in [0.2, 0.25) is 0 Å². The van der Waals surface area contributed by atoms with Crippen molar-refractivity contribution in [3.8, 4) is 0 Å². The normalized spacial score (nSPS) is 17.0. The minimum Gasteiger partial charge on any atom is -0.268 e. The van der Waals surface area contributed by atoms with Crippen LogP contribution in [-0.4, -0.2) is 11.1 Å². The van der Waals surface area contributed by atoms with E-state index in [1.165, 1.54) is 18.2 Å². The monoisotopic (exact) mass is 349 g/mol. The molecule has 1 aliphatic rings. The average Bonchev–Trinajstić information content (AvgIpc) is 2.82. The number of imide groups is 1. The van der Waals surface area contributed by atoms with Gasteiger partial charge in [0.25, 0.3) is 11.1 Å². The Bertz CT molecular complexity index is 831. The largest absolute Gasteiger partial charge is 0.416 e. The molecule has 3 nitrogen and oxygen atoms in total. The maximum absolute atomic E-state index is 13.0. The maximum Gasteiger partial charge on any atom is 0.416 e. The number of nitrogens with zero attached hydrogens (tertiary/aromatic N) is 1. The second-order valence-corrected chi connectivity index (χ2v) is 5.93. The number of hydrogen-bond donors (Lipinski definition) is 0. The molecule has 0 N–H and O–H groups in total. The van der Waals surface area contributed by atoms with Crippen LogP contribution in [-0.2, 0) is 11.0 Å². The molecule has 2 aromatic carbocycles. The fraction of sp³-hybridized carbons (Fsp3) is 0.0588. The Kier molecular flexibility index (Phi) is 4.19. The molecule has 2 aromatic rings. The summed E-state index contributed by atoms with van der Waals surface area (Å²) >= 11 is 0.622. The van der Waals surface area contributed by atoms with Crippen molar-refractivity contribution < 1.29 is 22.8 Å². The van der Waals surface area contributed by atoms with Crippen LogP contribution in [0.15, 0.2) is 59.5 Å². The molecule has 0 saturated carbocycles. The second kappa shape index (κ2) is 6.16. The highest BCUT2D eigenvalue weighted by Gasteiger charge is 2.37. The van der Waals surface area contributed by atoms with Gasteiger partial charge in [-0.15, -0.1) is 0 Å². The first-order chi connectivity index (χ1) is 11.4. The van der Waals surface area contributed by atoms with Gasteiger partial charge >= 0.3 is 6.18 Å². The Balaban J connectivity index is 1.99. The van der Waals surface area contributed by atoms with E-state index >= 15 is 0 Å². The lowest BCUT2D eigenvalue weighted by Gasteiger charge is -2.12. The summed E-state index contributed by atoms with van der Waals surface area (Å²) in [5, 5.41) is -0.540. The van der Waals surface area contributed by atoms with Crippen LogP contribution in [0.5, 0.6) is 0 Å². The van der Waals surface area contributed by atoms with Gasteiger partial charge in [-0.3, -0.25) is 9.59 Å². The van der Waals surface area contributed by atoms with E-state index in [0.29, 0.717) is 17.4 Å². The summed E-state index contributed by atoms with van der Waals surface area (Å²) in [6.45, 7) is 0. The lowest BCUT2D eigenvalue weighted by Crippen LogP contribution is -2.27. The third-order valence-electron chi connectivity index (χ3n) is 3.36. The van der Waals surface area contributed by atoms with E-state index < -0.39 is 22.9 Å². The molecule has 1 heterocycles. The van der Waals surface area contributed by atoms with Gasteiger partial charge in [0.2, 0.25) is 0 Å². The molecule has 0 spiro atoms. The number of rotatable bonds is 2. The Morgan fingerprint density at radius 3 is 2.21 bits per heavy atom. The lowest BCUT2D eigenvalue weighted by molar-refractivity contribution is -0.137. The fourth-order valence-electron chi connectivity index (χ4n) is 2.29. The van der Waals surface area contributed by atoms with E-state index in [4.69, 9.17) is 0 Å². The fourth-order valence-corrected chi connectivity index (χ4v) is 3.12. The quantitative estimate of drug-likeness (QED) is 0.720. The van der Waals surface area contributed by atoms with Gasteiger partial charge in [-0.1, -0.05) is 36.4 Å². The number of benzene rings is 2. The number of hydrogen-bond acceptors (Lipinski definition) is 3. The molecule has 0 radical (unpaired) electrons. The van der Waals surface area contributed by atoms with Crippen molar-refractivity contribution in [2.45, 2.75) is 6.18 Å². The summed E-state index contributed by atoms with van der Waals surface area (Å²) < 4.78 is 39.1. The third-order valence-corrected chi connectivity index (χ3v) is 4.23. The van der Waals surface area contributed by atoms with Gasteiger partial charge < -0.3 is 0 Å². The smallest absolute Gasteiger partial charge is 0.268 e. The Hall–Kier alpha value is -2.54. The Labute approximate surface area is 139 Å². The summed E-state index contributed by atoms with van der Waals surface area (Å²) in [5.74, 6) is -0.631. The highest BCUT2D eigenvalue weighted by atomic mass is 32.2. The summed E-state index contributed by atoms with van der Waals surface area (Å²) in [4.78, 5) is 25.4. The lowest BCUT2D eigenvalue weighted by atomic mass is 10.1. The Morgan fingerprint density at radius 2 is 1.54 bits per heavy atom. The van der Waals surface area contributed by atoms with E-state index in [9.17, 15) is 22.8 Å². The molecule has 7 heteroatoms. The molecular formula is C17H10F3NO2S. The second-order valence-electron chi connectivity index (χ2n) is 4.94. The number of para-hydroxylation sites is 1. The molecule has 122 valence electrons. The standard InChI is InChI=1S/C17H10F3NO2S/c18-17(19,20)13-9-5-4-6-11(13)10-14-15(22)21(16(23)24-14)12-7-2-1-3-8-12/h1-10H. The van der Waals surface area contributed by atoms with Crippen LogP contribution < -0.4 is 4.90 Å². The molecule has 0 atom stereocenters. The van der Waals surface area contributed by atoms with E-state index in [-0.39, 0.29) is 10.5 Å². The van der Waals surface area contributed by atoms with E-state index in [1.54, 1.807) is 30.3 Å². The molecule has 0 aromatic heterocycles. The van der Waals surface area contributed by atoms with Gasteiger partial charge in [-0.25, -0.2) is 4.90 Å². The minimum atomic E-state index is -4.54. The zero-order valence-corrected chi connectivity index (χ0v) is 12.9. The van der Waals surface area contributed by atoms with Crippen molar-refractivity contribution in [1.82, 2.24) is 0 Å². The first-order valence-electron chi connectivity index (χ1n) is 6.87. The zero-order valence-electron chi connectivity index (χ0n) is 12.1. The molecule has 0 aliphatic carbocycles. The number of carbonyl (C=O) groups excluding carboxylic acids is 2. The van der Waals surface area contributed by atoms with Crippen LogP contribution >= 0.6 is 11.8 Å². The van der Waals surface area contributed by atoms with Crippen LogP contribution in [0.1, 0.15) is 11.1 Å². The predicted molar refractivity (Wildman–Crippen MR) is 86.3 cm³/mol. The molecular weight excluding hydrogens is 339 g/mol. The average molecular weight is 349 g/mol. The van der Waals surface area contributed by atoms with Crippen LogP contribution in [0.4, 0.5) is 23.7 Å². The number of carbonyl (C=O) groups is 2. The SMILES string of the molecule is O=C1SC(=Cc2ccccc2C(F)(F)F)C(=O)N1c1ccccc1. The molecule has 1 aliphatic heterocycles. The summed E-state index contributed by atoms with van der Waals surface area (Å²) in [6.07, 6.45) is -3.43. The van der Waals surface area contributed by atoms with E-state index in [0.717, 1.165) is 17.0 Å². The molecule has 2 amide bonds. The van der Waals surface area contributed by atoms with Gasteiger partial charge in [0.05, 0.1) is 16.2 Å². The van der Waals surface area contributed by atoms with Crippen molar-refractivity contribution in [3.05, 3.63) is 70.6 Å². The van der Waals surface area contributed by atoms with Gasteiger partial charge in [0.15, 0.2) is 0 Å². The molecule has 24 heavy (non-hydrogen) atoms. The summed E-state index contributed by atoms with van der Waals surface area (Å²) in [7, 11) is 0. The maximum atomic E-state index is 13.0. The van der Waals surface area contributed by atoms with Crippen molar-refractivity contribution in [3.63, 3.8) is 0 Å². The van der Waals surface area contributed by atoms with Gasteiger partial charge in [-0.05, 0) is 41.6 Å².